The summed E-state index contributed by atoms with van der Waals surface area (Å²) in [6.45, 7) is 12.8. The van der Waals surface area contributed by atoms with E-state index in [0.717, 1.165) is 38.2 Å². The average molecular weight is 776 g/mol. The number of benzene rings is 5. The molecule has 11 heteroatoms. The highest BCUT2D eigenvalue weighted by Crippen LogP contribution is 2.25. The van der Waals surface area contributed by atoms with E-state index >= 15 is 0 Å². The number of urea groups is 1. The number of fused-ring (bicyclic) bond motifs is 2. The van der Waals surface area contributed by atoms with Crippen molar-refractivity contribution in [2.45, 2.75) is 85.0 Å². The van der Waals surface area contributed by atoms with Crippen LogP contribution in [0.2, 0.25) is 0 Å². The first-order chi connectivity index (χ1) is 27.3. The van der Waals surface area contributed by atoms with Crippen molar-refractivity contribution in [2.24, 2.45) is 0 Å². The Hall–Kier alpha value is -5.49. The van der Waals surface area contributed by atoms with Crippen LogP contribution in [0.4, 0.5) is 4.79 Å². The molecule has 5 rings (SSSR count). The second-order valence-electron chi connectivity index (χ2n) is 15.1. The molecule has 0 aliphatic heterocycles. The predicted octanol–water partition coefficient (Wildman–Crippen LogP) is 7.36. The molecule has 3 N–H and O–H groups in total. The molecule has 0 unspecified atom stereocenters. The lowest BCUT2D eigenvalue weighted by Gasteiger charge is -2.37. The van der Waals surface area contributed by atoms with Gasteiger partial charge in [-0.25, -0.2) is 9.80 Å². The highest BCUT2D eigenvalue weighted by molar-refractivity contribution is 5.90. The second kappa shape index (κ2) is 20.1. The second-order valence-corrected chi connectivity index (χ2v) is 15.1. The van der Waals surface area contributed by atoms with Crippen molar-refractivity contribution in [1.82, 2.24) is 26.0 Å². The average Bonchev–Trinajstić information content (AvgIpc) is 3.18. The van der Waals surface area contributed by atoms with Crippen LogP contribution in [-0.4, -0.2) is 78.5 Å². The van der Waals surface area contributed by atoms with Crippen molar-refractivity contribution in [3.8, 4) is 5.75 Å². The van der Waals surface area contributed by atoms with Crippen molar-refractivity contribution in [3.63, 3.8) is 0 Å². The van der Waals surface area contributed by atoms with Crippen LogP contribution in [0.15, 0.2) is 109 Å². The number of hydrazine groups is 1. The van der Waals surface area contributed by atoms with Gasteiger partial charge in [-0.3, -0.25) is 15.0 Å². The molecule has 2 atom stereocenters. The van der Waals surface area contributed by atoms with Gasteiger partial charge in [-0.1, -0.05) is 97.1 Å². The number of amides is 4. The molecule has 0 spiro atoms. The molecule has 0 aromatic heterocycles. The standard InChI is InChI=1S/C46H57N5O6/c1-8-55-44(56-9-2)32(3)51(30-37-21-15-19-35-17-11-13-23-40(35)37)43(53)41(28-33-24-26-38(27-25-33)57-46(4,5)6)48-42(52)31-50(7)49-45(54)47-29-36-20-14-18-34-16-10-12-22-39(34)36/h10-27,32,41,44H,8-9,28-31H2,1-7H3,(H,48,52)(H2,47,49,54)/t32-,41-/m0/s1. The first-order valence-corrected chi connectivity index (χ1v) is 19.6. The first-order valence-electron chi connectivity index (χ1n) is 19.6. The number of carbonyl (C=O) groups excluding carboxylic acids is 3. The Morgan fingerprint density at radius 2 is 1.30 bits per heavy atom. The van der Waals surface area contributed by atoms with E-state index in [1.165, 1.54) is 5.01 Å². The Labute approximate surface area is 336 Å². The van der Waals surface area contributed by atoms with Gasteiger partial charge in [-0.05, 0) is 91.9 Å². The van der Waals surface area contributed by atoms with Crippen LogP contribution < -0.4 is 20.8 Å². The van der Waals surface area contributed by atoms with Gasteiger partial charge in [0.2, 0.25) is 11.8 Å². The molecule has 0 bridgehead atoms. The fourth-order valence-corrected chi connectivity index (χ4v) is 6.85. The van der Waals surface area contributed by atoms with E-state index < -0.39 is 30.3 Å². The Balaban J connectivity index is 1.37. The molecule has 11 nitrogen and oxygen atoms in total. The molecule has 0 heterocycles. The maximum absolute atomic E-state index is 15.0. The maximum atomic E-state index is 15.0. The van der Waals surface area contributed by atoms with Gasteiger partial charge in [0, 0.05) is 39.8 Å². The normalized spacial score (nSPS) is 12.7. The van der Waals surface area contributed by atoms with E-state index in [9.17, 15) is 14.4 Å². The number of nitrogens with one attached hydrogen (secondary N) is 3. The highest BCUT2D eigenvalue weighted by atomic mass is 16.7. The minimum Gasteiger partial charge on any atom is -0.488 e. The van der Waals surface area contributed by atoms with Crippen LogP contribution in [0.3, 0.4) is 0 Å². The number of rotatable bonds is 18. The van der Waals surface area contributed by atoms with Crippen molar-refractivity contribution in [2.75, 3.05) is 26.8 Å². The van der Waals surface area contributed by atoms with Crippen molar-refractivity contribution in [3.05, 3.63) is 126 Å². The molecule has 302 valence electrons. The summed E-state index contributed by atoms with van der Waals surface area (Å²) in [5, 5.41) is 11.5. The van der Waals surface area contributed by atoms with E-state index in [0.29, 0.717) is 25.5 Å². The van der Waals surface area contributed by atoms with E-state index in [-0.39, 0.29) is 31.0 Å². The minimum absolute atomic E-state index is 0.204. The molecule has 0 fully saturated rings. The van der Waals surface area contributed by atoms with Gasteiger partial charge in [0.1, 0.15) is 17.4 Å². The maximum Gasteiger partial charge on any atom is 0.329 e. The molecule has 5 aromatic carbocycles. The topological polar surface area (TPSA) is 121 Å². The minimum atomic E-state index is -0.971. The fraction of sp³-hybridized carbons (Fsp3) is 0.370. The quantitative estimate of drug-likeness (QED) is 0.0629. The zero-order chi connectivity index (χ0) is 41.0. The van der Waals surface area contributed by atoms with Crippen LogP contribution in [-0.2, 0) is 38.6 Å². The van der Waals surface area contributed by atoms with Gasteiger partial charge in [-0.2, -0.15) is 0 Å². The molecule has 0 radical (unpaired) electrons. The van der Waals surface area contributed by atoms with E-state index in [4.69, 9.17) is 14.2 Å². The summed E-state index contributed by atoms with van der Waals surface area (Å²) in [5.74, 6) is -0.0412. The third-order valence-corrected chi connectivity index (χ3v) is 9.46. The van der Waals surface area contributed by atoms with Crippen molar-refractivity contribution in [1.29, 1.82) is 0 Å². The predicted molar refractivity (Wildman–Crippen MR) is 225 cm³/mol. The summed E-state index contributed by atoms with van der Waals surface area (Å²) in [7, 11) is 1.60. The molecule has 57 heavy (non-hydrogen) atoms. The van der Waals surface area contributed by atoms with Gasteiger partial charge >= 0.3 is 6.03 Å². The lowest BCUT2D eigenvalue weighted by atomic mass is 10.0. The van der Waals surface area contributed by atoms with Crippen molar-refractivity contribution < 1.29 is 28.6 Å². The molecular formula is C46H57N5O6. The number of ether oxygens (including phenoxy) is 3. The molecule has 0 aliphatic rings. The summed E-state index contributed by atoms with van der Waals surface area (Å²) in [6.07, 6.45) is -0.498. The van der Waals surface area contributed by atoms with E-state index in [1.54, 1.807) is 11.9 Å². The first kappa shape index (κ1) is 42.6. The molecule has 5 aromatic rings. The van der Waals surface area contributed by atoms with E-state index in [2.05, 4.69) is 16.1 Å². The van der Waals surface area contributed by atoms with Crippen LogP contribution in [0.1, 0.15) is 58.2 Å². The highest BCUT2D eigenvalue weighted by Gasteiger charge is 2.34. The van der Waals surface area contributed by atoms with Gasteiger partial charge in [0.25, 0.3) is 0 Å². The monoisotopic (exact) mass is 775 g/mol. The lowest BCUT2D eigenvalue weighted by molar-refractivity contribution is -0.179. The van der Waals surface area contributed by atoms with Crippen LogP contribution in [0, 0.1) is 0 Å². The molecule has 0 saturated carbocycles. The molecule has 0 aliphatic carbocycles. The lowest BCUT2D eigenvalue weighted by Crippen LogP contribution is -2.56. The van der Waals surface area contributed by atoms with Gasteiger partial charge in [0.05, 0.1) is 12.6 Å². The third-order valence-electron chi connectivity index (χ3n) is 9.46. The summed E-state index contributed by atoms with van der Waals surface area (Å²) in [6, 6.07) is 33.6. The largest absolute Gasteiger partial charge is 0.488 e. The zero-order valence-electron chi connectivity index (χ0n) is 34.2. The Kier molecular flexibility index (Phi) is 15.0. The summed E-state index contributed by atoms with van der Waals surface area (Å²) >= 11 is 0. The third kappa shape index (κ3) is 12.2. The Morgan fingerprint density at radius 3 is 1.89 bits per heavy atom. The number of hydrogen-bond acceptors (Lipinski definition) is 7. The smallest absolute Gasteiger partial charge is 0.329 e. The zero-order valence-corrected chi connectivity index (χ0v) is 34.2. The number of carbonyl (C=O) groups is 3. The van der Waals surface area contributed by atoms with Gasteiger partial charge in [0.15, 0.2) is 6.29 Å². The number of nitrogens with zero attached hydrogens (tertiary/aromatic N) is 2. The summed E-state index contributed by atoms with van der Waals surface area (Å²) in [4.78, 5) is 43.4. The SMILES string of the molecule is CCOC(OCC)[C@H](C)N(Cc1cccc2ccccc12)C(=O)[C@H](Cc1ccc(OC(C)(C)C)cc1)NC(=O)CN(C)NC(=O)NCc1cccc2ccccc12. The van der Waals surface area contributed by atoms with Crippen LogP contribution >= 0.6 is 0 Å². The number of likely N-dealkylation sites (N-methyl/N-ethyl adjacent to an activating group) is 1. The van der Waals surface area contributed by atoms with Crippen molar-refractivity contribution >= 4 is 39.4 Å². The Bertz CT molecular complexity index is 2080. The Morgan fingerprint density at radius 1 is 0.737 bits per heavy atom. The number of hydrogen-bond donors (Lipinski definition) is 3. The van der Waals surface area contributed by atoms with Crippen LogP contribution in [0.25, 0.3) is 21.5 Å². The van der Waals surface area contributed by atoms with E-state index in [1.807, 2.05) is 151 Å². The van der Waals surface area contributed by atoms with Crippen LogP contribution in [0.5, 0.6) is 5.75 Å². The fourth-order valence-electron chi connectivity index (χ4n) is 6.85. The molecule has 4 amide bonds. The molecular weight excluding hydrogens is 719 g/mol. The van der Waals surface area contributed by atoms with Gasteiger partial charge < -0.3 is 29.7 Å². The molecule has 0 saturated heterocycles. The summed E-state index contributed by atoms with van der Waals surface area (Å²) in [5.41, 5.74) is 5.10. The summed E-state index contributed by atoms with van der Waals surface area (Å²) < 4.78 is 18.1. The van der Waals surface area contributed by atoms with Gasteiger partial charge in [-0.15, -0.1) is 0 Å².